The molecule has 0 radical (unpaired) electrons. The Morgan fingerprint density at radius 1 is 0.919 bits per heavy atom. The SMILES string of the molecule is C/C(=C/Cc1ccc2c(c1)OCO2)NNC(=O)c1ccc(CN2C(=O)c3cccc4cccc2c34)cc1. The highest BCUT2D eigenvalue weighted by atomic mass is 16.7. The summed E-state index contributed by atoms with van der Waals surface area (Å²) in [4.78, 5) is 27.5. The zero-order valence-electron chi connectivity index (χ0n) is 20.3. The van der Waals surface area contributed by atoms with Crippen molar-refractivity contribution in [3.05, 3.63) is 113 Å². The minimum absolute atomic E-state index is 0.000768. The van der Waals surface area contributed by atoms with Crippen LogP contribution in [-0.2, 0) is 13.0 Å². The number of nitrogens with one attached hydrogen (secondary N) is 2. The van der Waals surface area contributed by atoms with Crippen LogP contribution < -0.4 is 25.2 Å². The van der Waals surface area contributed by atoms with E-state index in [2.05, 4.69) is 10.9 Å². The number of benzene rings is 4. The Bertz CT molecular complexity index is 1550. The van der Waals surface area contributed by atoms with Crippen molar-refractivity contribution in [1.29, 1.82) is 0 Å². The van der Waals surface area contributed by atoms with Gasteiger partial charge in [0.25, 0.3) is 11.8 Å². The lowest BCUT2D eigenvalue weighted by atomic mass is 10.1. The summed E-state index contributed by atoms with van der Waals surface area (Å²) in [6, 6.07) is 24.9. The van der Waals surface area contributed by atoms with E-state index in [4.69, 9.17) is 9.47 Å². The molecule has 0 saturated heterocycles. The Balaban J connectivity index is 1.06. The second-order valence-electron chi connectivity index (χ2n) is 9.13. The normalized spacial score (nSPS) is 13.8. The van der Waals surface area contributed by atoms with Crippen LogP contribution in [0.1, 0.15) is 38.8 Å². The summed E-state index contributed by atoms with van der Waals surface area (Å²) in [5, 5.41) is 2.06. The third-order valence-electron chi connectivity index (χ3n) is 6.66. The molecule has 37 heavy (non-hydrogen) atoms. The largest absolute Gasteiger partial charge is 0.454 e. The van der Waals surface area contributed by atoms with E-state index in [1.807, 2.05) is 79.7 Å². The number of amides is 2. The monoisotopic (exact) mass is 491 g/mol. The van der Waals surface area contributed by atoms with Gasteiger partial charge in [-0.1, -0.05) is 48.5 Å². The molecule has 2 amide bonds. The number of nitrogens with zero attached hydrogens (tertiary/aromatic N) is 1. The molecule has 0 aliphatic carbocycles. The summed E-state index contributed by atoms with van der Waals surface area (Å²) in [5.41, 5.74) is 10.7. The number of allylic oxidation sites excluding steroid dienone is 2. The van der Waals surface area contributed by atoms with Crippen molar-refractivity contribution in [2.45, 2.75) is 19.9 Å². The van der Waals surface area contributed by atoms with Gasteiger partial charge in [0.05, 0.1) is 12.2 Å². The number of ether oxygens (including phenoxy) is 2. The summed E-state index contributed by atoms with van der Waals surface area (Å²) in [7, 11) is 0. The van der Waals surface area contributed by atoms with Crippen molar-refractivity contribution in [1.82, 2.24) is 10.9 Å². The Labute approximate surface area is 214 Å². The Kier molecular flexibility index (Phi) is 5.73. The summed E-state index contributed by atoms with van der Waals surface area (Å²) in [6.07, 6.45) is 2.68. The summed E-state index contributed by atoms with van der Waals surface area (Å²) >= 11 is 0. The molecule has 0 bridgehead atoms. The molecule has 0 aromatic heterocycles. The Morgan fingerprint density at radius 2 is 1.68 bits per heavy atom. The molecule has 184 valence electrons. The summed E-state index contributed by atoms with van der Waals surface area (Å²) in [5.74, 6) is 1.27. The fraction of sp³-hybridized carbons (Fsp3) is 0.133. The average molecular weight is 492 g/mol. The molecule has 7 nitrogen and oxygen atoms in total. The maximum Gasteiger partial charge on any atom is 0.269 e. The second kappa shape index (κ2) is 9.35. The maximum atomic E-state index is 13.0. The fourth-order valence-corrected chi connectivity index (χ4v) is 4.70. The summed E-state index contributed by atoms with van der Waals surface area (Å²) in [6.45, 7) is 2.58. The molecule has 0 fully saturated rings. The van der Waals surface area contributed by atoms with Crippen molar-refractivity contribution in [3.8, 4) is 11.5 Å². The van der Waals surface area contributed by atoms with Crippen LogP contribution >= 0.6 is 0 Å². The number of hydrazine groups is 1. The minimum Gasteiger partial charge on any atom is -0.454 e. The van der Waals surface area contributed by atoms with Gasteiger partial charge in [-0.2, -0.15) is 0 Å². The van der Waals surface area contributed by atoms with Gasteiger partial charge < -0.3 is 19.8 Å². The van der Waals surface area contributed by atoms with Gasteiger partial charge in [0, 0.05) is 22.2 Å². The van der Waals surface area contributed by atoms with Gasteiger partial charge in [-0.05, 0) is 66.3 Å². The predicted octanol–water partition coefficient (Wildman–Crippen LogP) is 5.11. The first-order valence-electron chi connectivity index (χ1n) is 12.1. The van der Waals surface area contributed by atoms with E-state index in [1.54, 1.807) is 17.0 Å². The van der Waals surface area contributed by atoms with Crippen LogP contribution in [0.3, 0.4) is 0 Å². The van der Waals surface area contributed by atoms with E-state index in [-0.39, 0.29) is 18.6 Å². The second-order valence-corrected chi connectivity index (χ2v) is 9.13. The van der Waals surface area contributed by atoms with Crippen LogP contribution in [-0.4, -0.2) is 18.6 Å². The lowest BCUT2D eigenvalue weighted by Gasteiger charge is -2.18. The lowest BCUT2D eigenvalue weighted by molar-refractivity contribution is 0.0937. The quantitative estimate of drug-likeness (QED) is 0.351. The summed E-state index contributed by atoms with van der Waals surface area (Å²) < 4.78 is 10.8. The van der Waals surface area contributed by atoms with E-state index in [0.717, 1.165) is 50.3 Å². The number of hydrogen-bond acceptors (Lipinski definition) is 5. The first kappa shape index (κ1) is 22.7. The molecule has 2 heterocycles. The van der Waals surface area contributed by atoms with Gasteiger partial charge in [-0.15, -0.1) is 0 Å². The van der Waals surface area contributed by atoms with Gasteiger partial charge >= 0.3 is 0 Å². The van der Waals surface area contributed by atoms with Gasteiger partial charge in [-0.3, -0.25) is 15.0 Å². The number of carbonyl (C=O) groups excluding carboxylic acids is 2. The van der Waals surface area contributed by atoms with Gasteiger partial charge in [0.1, 0.15) is 0 Å². The van der Waals surface area contributed by atoms with Gasteiger partial charge in [0.2, 0.25) is 6.79 Å². The number of fused-ring (bicyclic) bond motifs is 1. The van der Waals surface area contributed by atoms with Crippen LogP contribution in [0, 0.1) is 0 Å². The zero-order chi connectivity index (χ0) is 25.4. The highest BCUT2D eigenvalue weighted by molar-refractivity contribution is 6.24. The standard InChI is InChI=1S/C30H25N3O4/c1-19(8-9-20-12-15-26-27(16-20)37-18-36-26)31-32-29(34)23-13-10-21(11-14-23)17-33-25-7-3-5-22-4-2-6-24(28(22)25)30(33)35/h2-8,10-16,31H,9,17-18H2,1H3,(H,32,34)/b19-8-. The molecular weight excluding hydrogens is 466 g/mol. The first-order chi connectivity index (χ1) is 18.1. The molecule has 7 heteroatoms. The fourth-order valence-electron chi connectivity index (χ4n) is 4.70. The Hall–Kier alpha value is -4.78. The molecule has 2 N–H and O–H groups in total. The highest BCUT2D eigenvalue weighted by Crippen LogP contribution is 2.38. The molecule has 0 unspecified atom stereocenters. The lowest BCUT2D eigenvalue weighted by Crippen LogP contribution is -2.36. The number of anilines is 1. The maximum absolute atomic E-state index is 13.0. The van der Waals surface area contributed by atoms with Crippen molar-refractivity contribution in [2.75, 3.05) is 11.7 Å². The molecule has 0 saturated carbocycles. The smallest absolute Gasteiger partial charge is 0.269 e. The van der Waals surface area contributed by atoms with E-state index < -0.39 is 0 Å². The van der Waals surface area contributed by atoms with E-state index >= 15 is 0 Å². The minimum atomic E-state index is -0.239. The van der Waals surface area contributed by atoms with Crippen LogP contribution in [0.5, 0.6) is 11.5 Å². The number of rotatable bonds is 7. The third kappa shape index (κ3) is 4.36. The van der Waals surface area contributed by atoms with Gasteiger partial charge in [0.15, 0.2) is 11.5 Å². The molecule has 4 aromatic rings. The van der Waals surface area contributed by atoms with E-state index in [1.165, 1.54) is 0 Å². The third-order valence-corrected chi connectivity index (χ3v) is 6.66. The van der Waals surface area contributed by atoms with Crippen LogP contribution in [0.25, 0.3) is 10.8 Å². The molecular formula is C30H25N3O4. The zero-order valence-corrected chi connectivity index (χ0v) is 20.3. The van der Waals surface area contributed by atoms with Crippen molar-refractivity contribution < 1.29 is 19.1 Å². The van der Waals surface area contributed by atoms with E-state index in [9.17, 15) is 9.59 Å². The van der Waals surface area contributed by atoms with Gasteiger partial charge in [-0.25, -0.2) is 0 Å². The number of carbonyl (C=O) groups is 2. The first-order valence-corrected chi connectivity index (χ1v) is 12.1. The van der Waals surface area contributed by atoms with E-state index in [0.29, 0.717) is 18.5 Å². The molecule has 0 spiro atoms. The van der Waals surface area contributed by atoms with Crippen molar-refractivity contribution >= 4 is 28.3 Å². The molecule has 4 aromatic carbocycles. The average Bonchev–Trinajstić information content (AvgIpc) is 3.50. The van der Waals surface area contributed by atoms with Crippen LogP contribution in [0.2, 0.25) is 0 Å². The topological polar surface area (TPSA) is 79.9 Å². The molecule has 2 aliphatic heterocycles. The van der Waals surface area contributed by atoms with Crippen molar-refractivity contribution in [2.24, 2.45) is 0 Å². The number of hydrogen-bond donors (Lipinski definition) is 2. The molecule has 0 atom stereocenters. The van der Waals surface area contributed by atoms with Crippen LogP contribution in [0.4, 0.5) is 5.69 Å². The predicted molar refractivity (Wildman–Crippen MR) is 142 cm³/mol. The molecule has 6 rings (SSSR count). The Morgan fingerprint density at radius 3 is 2.51 bits per heavy atom. The van der Waals surface area contributed by atoms with Crippen LogP contribution in [0.15, 0.2) is 90.6 Å². The highest BCUT2D eigenvalue weighted by Gasteiger charge is 2.29. The molecule has 2 aliphatic rings. The van der Waals surface area contributed by atoms with Crippen molar-refractivity contribution in [3.63, 3.8) is 0 Å².